The molecule has 0 bridgehead atoms. The van der Waals surface area contributed by atoms with Crippen molar-refractivity contribution in [3.63, 3.8) is 0 Å². The largest absolute Gasteiger partial charge is 0.389 e. The van der Waals surface area contributed by atoms with E-state index in [-0.39, 0.29) is 30.9 Å². The highest BCUT2D eigenvalue weighted by atomic mass is 19.1. The third kappa shape index (κ3) is 6.74. The molecule has 0 radical (unpaired) electrons. The van der Waals surface area contributed by atoms with Gasteiger partial charge in [0.2, 0.25) is 18.2 Å². The molecule has 1 saturated heterocycles. The van der Waals surface area contributed by atoms with Crippen LogP contribution in [-0.2, 0) is 20.8 Å². The normalized spacial score (nSPS) is 19.3. The van der Waals surface area contributed by atoms with Gasteiger partial charge in [0.15, 0.2) is 0 Å². The average molecular weight is 426 g/mol. The number of aliphatic hydroxyl groups excluding tert-OH is 1. The Hall–Kier alpha value is -2.59. The first kappa shape index (κ1) is 23.7. The molecular weight excluding hydrogens is 398 g/mol. The smallest absolute Gasteiger partial charge is 0.225 e. The summed E-state index contributed by atoms with van der Waals surface area (Å²) in [4.78, 5) is 36.2. The number of likely N-dealkylation sites (tertiary alicyclic amines) is 1. The Morgan fingerprint density at radius 3 is 2.53 bits per heavy atom. The van der Waals surface area contributed by atoms with Crippen LogP contribution in [0.4, 0.5) is 8.78 Å². The second-order valence-corrected chi connectivity index (χ2v) is 7.58. The second-order valence-electron chi connectivity index (χ2n) is 7.58. The highest BCUT2D eigenvalue weighted by molar-refractivity contribution is 5.89. The summed E-state index contributed by atoms with van der Waals surface area (Å²) in [5.74, 6) is -2.60. The summed E-state index contributed by atoms with van der Waals surface area (Å²) in [7, 11) is 1.61. The lowest BCUT2D eigenvalue weighted by atomic mass is 9.95. The van der Waals surface area contributed by atoms with Crippen LogP contribution in [0.25, 0.3) is 0 Å². The van der Waals surface area contributed by atoms with E-state index in [1.165, 1.54) is 4.90 Å². The Morgan fingerprint density at radius 2 is 1.97 bits per heavy atom. The molecule has 2 unspecified atom stereocenters. The van der Waals surface area contributed by atoms with Crippen LogP contribution in [-0.4, -0.2) is 73.1 Å². The van der Waals surface area contributed by atoms with Gasteiger partial charge in [0.1, 0.15) is 11.6 Å². The van der Waals surface area contributed by atoms with Crippen molar-refractivity contribution in [2.75, 3.05) is 26.7 Å². The first-order valence-corrected chi connectivity index (χ1v) is 9.79. The zero-order valence-electron chi connectivity index (χ0n) is 17.0. The summed E-state index contributed by atoms with van der Waals surface area (Å²) in [6, 6.07) is 1.70. The third-order valence-electron chi connectivity index (χ3n) is 5.16. The topological polar surface area (TPSA) is 111 Å². The molecule has 2 rings (SSSR count). The van der Waals surface area contributed by atoms with Gasteiger partial charge in [-0.3, -0.25) is 14.4 Å². The van der Waals surface area contributed by atoms with Crippen LogP contribution in [0.15, 0.2) is 18.2 Å². The van der Waals surface area contributed by atoms with Gasteiger partial charge in [0.25, 0.3) is 0 Å². The van der Waals surface area contributed by atoms with Gasteiger partial charge in [-0.2, -0.15) is 0 Å². The molecule has 1 aliphatic heterocycles. The van der Waals surface area contributed by atoms with E-state index in [4.69, 9.17) is 0 Å². The lowest BCUT2D eigenvalue weighted by Crippen LogP contribution is -2.54. The summed E-state index contributed by atoms with van der Waals surface area (Å²) in [6.45, 7) is 2.70. The Morgan fingerprint density at radius 1 is 1.30 bits per heavy atom. The van der Waals surface area contributed by atoms with E-state index in [1.54, 1.807) is 14.0 Å². The van der Waals surface area contributed by atoms with Crippen LogP contribution < -0.4 is 16.0 Å². The lowest BCUT2D eigenvalue weighted by Gasteiger charge is -2.30. The number of aliphatic hydroxyl groups is 1. The van der Waals surface area contributed by atoms with Gasteiger partial charge in [-0.05, 0) is 31.0 Å². The standard InChI is InChI=1S/C20H28F2N4O4/c1-12(24-4-3-23-11-27)19(29)17(7-13-5-15(21)9-16(22)6-13)25-20(30)14-8-18(28)26(2)10-14/h5-6,9,11-12,14,17,19,24,29H,3-4,7-8,10H2,1-2H3,(H,23,27)(H,25,30)/t12?,14?,17-,19+/m0/s1. The van der Waals surface area contributed by atoms with Crippen molar-refractivity contribution in [3.05, 3.63) is 35.4 Å². The van der Waals surface area contributed by atoms with E-state index in [2.05, 4.69) is 16.0 Å². The molecule has 0 saturated carbocycles. The maximum Gasteiger partial charge on any atom is 0.225 e. The van der Waals surface area contributed by atoms with E-state index in [0.717, 1.165) is 18.2 Å². The molecule has 1 aromatic rings. The minimum atomic E-state index is -1.09. The Balaban J connectivity index is 2.11. The van der Waals surface area contributed by atoms with Gasteiger partial charge < -0.3 is 26.0 Å². The monoisotopic (exact) mass is 426 g/mol. The highest BCUT2D eigenvalue weighted by Gasteiger charge is 2.35. The van der Waals surface area contributed by atoms with Gasteiger partial charge >= 0.3 is 0 Å². The molecule has 10 heteroatoms. The van der Waals surface area contributed by atoms with E-state index in [9.17, 15) is 28.3 Å². The fourth-order valence-corrected chi connectivity index (χ4v) is 3.48. The summed E-state index contributed by atoms with van der Waals surface area (Å²) in [6.07, 6.45) is -0.461. The van der Waals surface area contributed by atoms with Crippen molar-refractivity contribution in [1.82, 2.24) is 20.9 Å². The van der Waals surface area contributed by atoms with Crippen molar-refractivity contribution < 1.29 is 28.3 Å². The summed E-state index contributed by atoms with van der Waals surface area (Å²) in [5.41, 5.74) is 0.284. The quantitative estimate of drug-likeness (QED) is 0.283. The number of halogens is 2. The van der Waals surface area contributed by atoms with E-state index >= 15 is 0 Å². The van der Waals surface area contributed by atoms with E-state index in [0.29, 0.717) is 19.5 Å². The molecule has 4 N–H and O–H groups in total. The number of carbonyl (C=O) groups is 3. The summed E-state index contributed by atoms with van der Waals surface area (Å²) in [5, 5.41) is 19.1. The summed E-state index contributed by atoms with van der Waals surface area (Å²) < 4.78 is 27.2. The SMILES string of the molecule is CC(NCCNC=O)[C@@H](O)[C@H](Cc1cc(F)cc(F)c1)NC(=O)C1CC(=O)N(C)C1. The van der Waals surface area contributed by atoms with Gasteiger partial charge in [-0.1, -0.05) is 0 Å². The minimum absolute atomic E-state index is 0.00327. The van der Waals surface area contributed by atoms with Crippen molar-refractivity contribution in [2.45, 2.75) is 38.0 Å². The molecule has 0 aromatic heterocycles. The molecule has 1 aromatic carbocycles. The molecular formula is C20H28F2N4O4. The number of rotatable bonds is 11. The zero-order valence-corrected chi connectivity index (χ0v) is 17.0. The van der Waals surface area contributed by atoms with E-state index < -0.39 is 41.6 Å². The molecule has 1 aliphatic rings. The van der Waals surface area contributed by atoms with Gasteiger partial charge in [0.05, 0.1) is 18.1 Å². The maximum atomic E-state index is 13.6. The lowest BCUT2D eigenvalue weighted by molar-refractivity contribution is -0.129. The number of amides is 3. The van der Waals surface area contributed by atoms with Crippen LogP contribution in [0.3, 0.4) is 0 Å². The second kappa shape index (κ2) is 11.0. The fraction of sp³-hybridized carbons (Fsp3) is 0.550. The molecule has 1 heterocycles. The molecule has 0 spiro atoms. The predicted octanol–water partition coefficient (Wildman–Crippen LogP) is -0.445. The number of carbonyl (C=O) groups excluding carboxylic acids is 3. The Kier molecular flexibility index (Phi) is 8.67. The number of nitrogens with zero attached hydrogens (tertiary/aromatic N) is 1. The third-order valence-corrected chi connectivity index (χ3v) is 5.16. The average Bonchev–Trinajstić information content (AvgIpc) is 3.02. The van der Waals surface area contributed by atoms with Crippen molar-refractivity contribution in [2.24, 2.45) is 5.92 Å². The fourth-order valence-electron chi connectivity index (χ4n) is 3.48. The van der Waals surface area contributed by atoms with Gasteiger partial charge in [-0.25, -0.2) is 8.78 Å². The number of hydrogen-bond donors (Lipinski definition) is 4. The van der Waals surface area contributed by atoms with Crippen LogP contribution >= 0.6 is 0 Å². The number of nitrogens with one attached hydrogen (secondary N) is 3. The van der Waals surface area contributed by atoms with Crippen molar-refractivity contribution >= 4 is 18.2 Å². The Labute approximate surface area is 174 Å². The number of benzene rings is 1. The first-order valence-electron chi connectivity index (χ1n) is 9.79. The molecule has 0 aliphatic carbocycles. The van der Waals surface area contributed by atoms with Crippen LogP contribution in [0.2, 0.25) is 0 Å². The van der Waals surface area contributed by atoms with Gasteiger partial charge in [-0.15, -0.1) is 0 Å². The molecule has 166 valence electrons. The minimum Gasteiger partial charge on any atom is -0.389 e. The van der Waals surface area contributed by atoms with Crippen LogP contribution in [0, 0.1) is 17.6 Å². The zero-order chi connectivity index (χ0) is 22.3. The molecule has 4 atom stereocenters. The Bertz CT molecular complexity index is 744. The van der Waals surface area contributed by atoms with Crippen LogP contribution in [0.1, 0.15) is 18.9 Å². The predicted molar refractivity (Wildman–Crippen MR) is 105 cm³/mol. The molecule has 30 heavy (non-hydrogen) atoms. The van der Waals surface area contributed by atoms with Crippen molar-refractivity contribution in [1.29, 1.82) is 0 Å². The van der Waals surface area contributed by atoms with Crippen LogP contribution in [0.5, 0.6) is 0 Å². The van der Waals surface area contributed by atoms with Gasteiger partial charge in [0, 0.05) is 45.2 Å². The van der Waals surface area contributed by atoms with Crippen molar-refractivity contribution in [3.8, 4) is 0 Å². The summed E-state index contributed by atoms with van der Waals surface area (Å²) >= 11 is 0. The molecule has 8 nitrogen and oxygen atoms in total. The maximum absolute atomic E-state index is 13.6. The molecule has 1 fully saturated rings. The van der Waals surface area contributed by atoms with E-state index in [1.807, 2.05) is 0 Å². The highest BCUT2D eigenvalue weighted by Crippen LogP contribution is 2.18. The molecule has 3 amide bonds. The first-order chi connectivity index (χ1) is 14.2. The number of hydrogen-bond acceptors (Lipinski definition) is 5.